The van der Waals surface area contributed by atoms with Gasteiger partial charge in [0.05, 0.1) is 0 Å². The molecule has 31 heavy (non-hydrogen) atoms. The number of benzene rings is 3. The molecule has 1 unspecified atom stereocenters. The number of ether oxygens (including phenoxy) is 1. The molecule has 5 nitrogen and oxygen atoms in total. The molecule has 0 aliphatic heterocycles. The summed E-state index contributed by atoms with van der Waals surface area (Å²) < 4.78 is 11.4. The Morgan fingerprint density at radius 3 is 2.68 bits per heavy atom. The van der Waals surface area contributed by atoms with E-state index >= 15 is 0 Å². The highest BCUT2D eigenvalue weighted by atomic mass is 16.5. The van der Waals surface area contributed by atoms with E-state index in [2.05, 4.69) is 52.6 Å². The van der Waals surface area contributed by atoms with Gasteiger partial charge in [-0.15, -0.1) is 0 Å². The molecule has 2 N–H and O–H groups in total. The monoisotopic (exact) mass is 408 g/mol. The van der Waals surface area contributed by atoms with E-state index in [9.17, 15) is 5.11 Å². The van der Waals surface area contributed by atoms with Crippen molar-refractivity contribution in [2.45, 2.75) is 18.9 Å². The maximum Gasteiger partial charge on any atom is 0.252 e. The summed E-state index contributed by atoms with van der Waals surface area (Å²) in [6.07, 6.45) is 3.96. The van der Waals surface area contributed by atoms with Gasteiger partial charge < -0.3 is 19.4 Å². The van der Waals surface area contributed by atoms with Crippen LogP contribution in [0.3, 0.4) is 0 Å². The lowest BCUT2D eigenvalue weighted by atomic mass is 9.96. The minimum Gasteiger partial charge on any atom is -0.491 e. The van der Waals surface area contributed by atoms with Crippen molar-refractivity contribution in [3.63, 3.8) is 0 Å². The van der Waals surface area contributed by atoms with Crippen molar-refractivity contribution in [2.24, 2.45) is 0 Å². The Balaban J connectivity index is 1.27. The number of hydrogen-bond donors (Lipinski definition) is 2. The molecule has 0 radical (unpaired) electrons. The number of nitrogens with zero attached hydrogens (tertiary/aromatic N) is 1. The molecule has 6 rings (SSSR count). The Kier molecular flexibility index (Phi) is 4.06. The van der Waals surface area contributed by atoms with Crippen molar-refractivity contribution in [3.8, 4) is 34.1 Å². The number of rotatable bonds is 4. The first-order valence-corrected chi connectivity index (χ1v) is 10.4. The Morgan fingerprint density at radius 2 is 1.84 bits per heavy atom. The smallest absolute Gasteiger partial charge is 0.252 e. The second-order valence-electron chi connectivity index (χ2n) is 7.87. The quantitative estimate of drug-likeness (QED) is 0.368. The summed E-state index contributed by atoms with van der Waals surface area (Å²) in [6.45, 7) is 0. The zero-order valence-electron chi connectivity index (χ0n) is 16.7. The second-order valence-corrected chi connectivity index (χ2v) is 7.87. The van der Waals surface area contributed by atoms with Crippen LogP contribution in [0.5, 0.6) is 11.6 Å². The topological polar surface area (TPSA) is 71.3 Å². The largest absolute Gasteiger partial charge is 0.491 e. The van der Waals surface area contributed by atoms with E-state index in [-0.39, 0.29) is 12.0 Å². The third kappa shape index (κ3) is 3.15. The molecule has 2 aromatic heterocycles. The summed E-state index contributed by atoms with van der Waals surface area (Å²) in [5, 5.41) is 14.1. The van der Waals surface area contributed by atoms with E-state index in [1.165, 1.54) is 33.7 Å². The number of hydrogen-bond acceptors (Lipinski definition) is 4. The summed E-state index contributed by atoms with van der Waals surface area (Å²) in [5.41, 5.74) is 7.13. The average Bonchev–Trinajstić information content (AvgIpc) is 3.54. The maximum atomic E-state index is 9.37. The van der Waals surface area contributed by atoms with Gasteiger partial charge in [0.2, 0.25) is 0 Å². The van der Waals surface area contributed by atoms with E-state index in [1.54, 1.807) is 0 Å². The molecule has 3 aromatic carbocycles. The van der Waals surface area contributed by atoms with Crippen molar-refractivity contribution in [1.29, 1.82) is 0 Å². The predicted molar refractivity (Wildman–Crippen MR) is 119 cm³/mol. The minimum absolute atomic E-state index is 0.0318. The molecule has 0 saturated carbocycles. The maximum absolute atomic E-state index is 9.37. The summed E-state index contributed by atoms with van der Waals surface area (Å²) in [5.74, 6) is 1.21. The van der Waals surface area contributed by atoms with Crippen LogP contribution in [0.4, 0.5) is 0 Å². The van der Waals surface area contributed by atoms with Gasteiger partial charge in [0, 0.05) is 23.3 Å². The lowest BCUT2D eigenvalue weighted by Crippen LogP contribution is -2.03. The summed E-state index contributed by atoms with van der Waals surface area (Å²) in [7, 11) is 0. The van der Waals surface area contributed by atoms with Gasteiger partial charge in [0.1, 0.15) is 11.9 Å². The van der Waals surface area contributed by atoms with Crippen LogP contribution < -0.4 is 4.74 Å². The minimum atomic E-state index is -0.121. The number of aromatic hydroxyl groups is 1. The molecule has 0 amide bonds. The van der Waals surface area contributed by atoms with Crippen LogP contribution in [-0.4, -0.2) is 15.2 Å². The Hall–Kier alpha value is -3.99. The second kappa shape index (κ2) is 7.06. The Morgan fingerprint density at radius 1 is 0.968 bits per heavy atom. The molecule has 5 heteroatoms. The van der Waals surface area contributed by atoms with Gasteiger partial charge >= 0.3 is 0 Å². The normalized spacial score (nSPS) is 15.3. The fourth-order valence-corrected chi connectivity index (χ4v) is 4.49. The highest BCUT2D eigenvalue weighted by molar-refractivity contribution is 5.85. The molecule has 0 bridgehead atoms. The highest BCUT2D eigenvalue weighted by Gasteiger charge is 2.26. The van der Waals surface area contributed by atoms with E-state index in [1.807, 2.05) is 30.5 Å². The predicted octanol–water partition coefficient (Wildman–Crippen LogP) is 6.26. The first-order chi connectivity index (χ1) is 15.2. The fraction of sp³-hybridized carbons (Fsp3) is 0.115. The number of aromatic nitrogens is 2. The average molecular weight is 408 g/mol. The lowest BCUT2D eigenvalue weighted by Gasteiger charge is -2.16. The van der Waals surface area contributed by atoms with Crippen LogP contribution in [0, 0.1) is 0 Å². The molecular weight excluding hydrogens is 388 g/mol. The molecular formula is C26H20N2O3. The Bertz CT molecular complexity index is 1380. The molecule has 2 heterocycles. The van der Waals surface area contributed by atoms with Crippen molar-refractivity contribution in [1.82, 2.24) is 10.1 Å². The number of aromatic amines is 1. The first kappa shape index (κ1) is 17.8. The summed E-state index contributed by atoms with van der Waals surface area (Å²) in [4.78, 5) is 3.31. The third-order valence-electron chi connectivity index (χ3n) is 6.00. The van der Waals surface area contributed by atoms with Crippen LogP contribution in [0.1, 0.15) is 23.7 Å². The standard InChI is InChI=1S/C26H20N2O3/c29-26-15-25(31-28-26)17-6-8-19(9-7-17)30-24-11-10-21-20(2-1-3-22(21)24)18-5-4-16-12-13-27-23(16)14-18/h1-9,12-15,24,27H,10-11H2,(H,28,29). The summed E-state index contributed by atoms with van der Waals surface area (Å²) >= 11 is 0. The third-order valence-corrected chi connectivity index (χ3v) is 6.00. The van der Waals surface area contributed by atoms with E-state index < -0.39 is 0 Å². The van der Waals surface area contributed by atoms with Gasteiger partial charge in [-0.1, -0.05) is 30.3 Å². The summed E-state index contributed by atoms with van der Waals surface area (Å²) in [6, 6.07) is 24.3. The number of fused-ring (bicyclic) bond motifs is 2. The number of nitrogens with one attached hydrogen (secondary N) is 1. The van der Waals surface area contributed by atoms with Crippen LogP contribution in [0.15, 0.2) is 83.5 Å². The molecule has 0 fully saturated rings. The molecule has 152 valence electrons. The van der Waals surface area contributed by atoms with Crippen LogP contribution in [0.25, 0.3) is 33.4 Å². The SMILES string of the molecule is Oc1cc(-c2ccc(OC3CCc4c(-c5ccc6cc[nH]c6c5)cccc43)cc2)on1. The lowest BCUT2D eigenvalue weighted by molar-refractivity contribution is 0.207. The first-order valence-electron chi connectivity index (χ1n) is 10.4. The van der Waals surface area contributed by atoms with Crippen molar-refractivity contribution < 1.29 is 14.4 Å². The zero-order chi connectivity index (χ0) is 20.8. The van der Waals surface area contributed by atoms with Gasteiger partial charge in [0.25, 0.3) is 5.88 Å². The molecule has 1 atom stereocenters. The number of H-pyrrole nitrogens is 1. The highest BCUT2D eigenvalue weighted by Crippen LogP contribution is 2.40. The molecule has 1 aliphatic carbocycles. The van der Waals surface area contributed by atoms with Gasteiger partial charge in [-0.3, -0.25) is 0 Å². The van der Waals surface area contributed by atoms with E-state index in [0.717, 1.165) is 29.7 Å². The fourth-order valence-electron chi connectivity index (χ4n) is 4.49. The molecule has 1 aliphatic rings. The molecule has 5 aromatic rings. The van der Waals surface area contributed by atoms with Crippen molar-refractivity contribution in [2.75, 3.05) is 0 Å². The Labute approximate surface area is 178 Å². The molecule has 0 saturated heterocycles. The van der Waals surface area contributed by atoms with Crippen molar-refractivity contribution >= 4 is 10.9 Å². The van der Waals surface area contributed by atoms with Crippen molar-refractivity contribution in [3.05, 3.63) is 90.1 Å². The van der Waals surface area contributed by atoms with Gasteiger partial charge in [-0.05, 0) is 82.0 Å². The van der Waals surface area contributed by atoms with Gasteiger partial charge in [-0.25, -0.2) is 0 Å². The van der Waals surface area contributed by atoms with Gasteiger partial charge in [-0.2, -0.15) is 0 Å². The van der Waals surface area contributed by atoms with E-state index in [4.69, 9.17) is 9.26 Å². The van der Waals surface area contributed by atoms with E-state index in [0.29, 0.717) is 5.76 Å². The van der Waals surface area contributed by atoms with Crippen LogP contribution in [0.2, 0.25) is 0 Å². The van der Waals surface area contributed by atoms with Crippen LogP contribution >= 0.6 is 0 Å². The molecule has 0 spiro atoms. The zero-order valence-corrected chi connectivity index (χ0v) is 16.7. The van der Waals surface area contributed by atoms with Crippen LogP contribution in [-0.2, 0) is 6.42 Å². The van der Waals surface area contributed by atoms with Gasteiger partial charge in [0.15, 0.2) is 5.76 Å².